The topological polar surface area (TPSA) is 98.5 Å². The largest absolute Gasteiger partial charge is 0.462 e. The summed E-state index contributed by atoms with van der Waals surface area (Å²) in [5.74, 6) is -0.398. The molecule has 0 bridgehead atoms. The second kappa shape index (κ2) is 10.9. The highest BCUT2D eigenvalue weighted by Crippen LogP contribution is 2.20. The van der Waals surface area contributed by atoms with Gasteiger partial charge in [0.25, 0.3) is 5.91 Å². The van der Waals surface area contributed by atoms with Crippen LogP contribution < -0.4 is 5.43 Å². The number of aryl methyl sites for hydroxylation is 3. The Morgan fingerprint density at radius 2 is 1.76 bits per heavy atom. The van der Waals surface area contributed by atoms with Gasteiger partial charge in [-0.25, -0.2) is 20.2 Å². The normalized spacial score (nSPS) is 11.1. The molecule has 1 N–H and O–H groups in total. The van der Waals surface area contributed by atoms with E-state index < -0.39 is 0 Å². The maximum absolute atomic E-state index is 12.1. The van der Waals surface area contributed by atoms with E-state index in [0.717, 1.165) is 34.0 Å². The summed E-state index contributed by atoms with van der Waals surface area (Å²) in [4.78, 5) is 32.6. The molecule has 0 unspecified atom stereocenters. The van der Waals surface area contributed by atoms with Crippen molar-refractivity contribution in [3.8, 4) is 5.69 Å². The van der Waals surface area contributed by atoms with Crippen LogP contribution in [-0.2, 0) is 9.53 Å². The van der Waals surface area contributed by atoms with Gasteiger partial charge in [-0.3, -0.25) is 4.79 Å². The molecule has 0 saturated heterocycles. The first-order valence-corrected chi connectivity index (χ1v) is 11.5. The number of benzene rings is 1. The lowest BCUT2D eigenvalue weighted by atomic mass is 10.2. The fraction of sp³-hybridized carbons (Fsp3) is 0.292. The number of amides is 1. The molecule has 0 spiro atoms. The Balaban J connectivity index is 1.63. The molecular weight excluding hydrogens is 438 g/mol. The quantitative estimate of drug-likeness (QED) is 0.178. The summed E-state index contributed by atoms with van der Waals surface area (Å²) >= 11 is 1.27. The number of carbonyl (C=O) groups is 2. The van der Waals surface area contributed by atoms with Gasteiger partial charge in [-0.05, 0) is 71.0 Å². The lowest BCUT2D eigenvalue weighted by Crippen LogP contribution is -2.19. The molecule has 2 aromatic heterocycles. The predicted molar refractivity (Wildman–Crippen MR) is 129 cm³/mol. The number of thioether (sulfide) groups is 1. The number of esters is 1. The molecule has 172 valence electrons. The molecule has 1 amide bonds. The second-order valence-corrected chi connectivity index (χ2v) is 8.39. The van der Waals surface area contributed by atoms with Crippen molar-refractivity contribution in [3.63, 3.8) is 0 Å². The first kappa shape index (κ1) is 24.2. The van der Waals surface area contributed by atoms with Crippen LogP contribution in [0.3, 0.4) is 0 Å². The third-order valence-corrected chi connectivity index (χ3v) is 5.64. The van der Waals surface area contributed by atoms with E-state index in [1.54, 1.807) is 25.3 Å². The van der Waals surface area contributed by atoms with Gasteiger partial charge in [0.1, 0.15) is 0 Å². The zero-order valence-electron chi connectivity index (χ0n) is 19.4. The molecule has 0 aliphatic rings. The van der Waals surface area contributed by atoms with Crippen molar-refractivity contribution in [1.82, 2.24) is 20.0 Å². The minimum atomic E-state index is -0.337. The minimum absolute atomic E-state index is 0.173. The first-order valence-electron chi connectivity index (χ1n) is 10.5. The zero-order valence-corrected chi connectivity index (χ0v) is 20.2. The van der Waals surface area contributed by atoms with Gasteiger partial charge in [0, 0.05) is 34.0 Å². The van der Waals surface area contributed by atoms with Crippen molar-refractivity contribution in [3.05, 3.63) is 70.3 Å². The number of rotatable bonds is 8. The smallest absolute Gasteiger partial charge is 0.338 e. The summed E-state index contributed by atoms with van der Waals surface area (Å²) in [5.41, 5.74) is 8.58. The Kier molecular flexibility index (Phi) is 8.00. The van der Waals surface area contributed by atoms with Crippen molar-refractivity contribution >= 4 is 29.9 Å². The fourth-order valence-electron chi connectivity index (χ4n) is 3.37. The van der Waals surface area contributed by atoms with Gasteiger partial charge in [0.2, 0.25) is 0 Å². The average molecular weight is 466 g/mol. The van der Waals surface area contributed by atoms with Gasteiger partial charge in [0.05, 0.1) is 24.1 Å². The van der Waals surface area contributed by atoms with Crippen LogP contribution in [0.1, 0.15) is 45.6 Å². The van der Waals surface area contributed by atoms with Crippen LogP contribution in [0.15, 0.2) is 46.7 Å². The first-order chi connectivity index (χ1) is 15.8. The highest BCUT2D eigenvalue weighted by atomic mass is 32.2. The third kappa shape index (κ3) is 6.29. The van der Waals surface area contributed by atoms with Gasteiger partial charge in [-0.1, -0.05) is 11.8 Å². The van der Waals surface area contributed by atoms with Gasteiger partial charge < -0.3 is 9.30 Å². The van der Waals surface area contributed by atoms with Gasteiger partial charge >= 0.3 is 5.97 Å². The summed E-state index contributed by atoms with van der Waals surface area (Å²) in [7, 11) is 0. The standard InChI is InChI=1S/C24H27N5O3S/c1-6-32-23(31)19-7-9-21(10-8-19)29-17(4)12-20(18(29)5)13-25-28-22(30)14-33-24-26-15(2)11-16(3)27-24/h7-13H,6,14H2,1-5H3,(H,28,30)/b25-13-. The van der Waals surface area contributed by atoms with E-state index >= 15 is 0 Å². The molecule has 0 aliphatic carbocycles. The molecule has 3 rings (SSSR count). The Labute approximate surface area is 197 Å². The maximum atomic E-state index is 12.1. The highest BCUT2D eigenvalue weighted by molar-refractivity contribution is 7.99. The van der Waals surface area contributed by atoms with Crippen molar-refractivity contribution in [1.29, 1.82) is 0 Å². The molecule has 1 aromatic carbocycles. The monoisotopic (exact) mass is 465 g/mol. The molecule has 0 radical (unpaired) electrons. The second-order valence-electron chi connectivity index (χ2n) is 7.44. The highest BCUT2D eigenvalue weighted by Gasteiger charge is 2.12. The number of ether oxygens (including phenoxy) is 1. The molecule has 0 atom stereocenters. The van der Waals surface area contributed by atoms with Gasteiger partial charge in [0.15, 0.2) is 5.16 Å². The zero-order chi connectivity index (χ0) is 24.0. The van der Waals surface area contributed by atoms with E-state index in [1.807, 2.05) is 52.0 Å². The molecule has 3 aromatic rings. The van der Waals surface area contributed by atoms with Gasteiger partial charge in [-0.2, -0.15) is 5.10 Å². The summed E-state index contributed by atoms with van der Waals surface area (Å²) in [5, 5.41) is 4.68. The summed E-state index contributed by atoms with van der Waals surface area (Å²) < 4.78 is 7.10. The average Bonchev–Trinajstić information content (AvgIpc) is 3.05. The number of carbonyl (C=O) groups excluding carboxylic acids is 2. The van der Waals surface area contributed by atoms with Crippen LogP contribution in [-0.4, -0.2) is 45.0 Å². The van der Waals surface area contributed by atoms with E-state index in [-0.39, 0.29) is 17.6 Å². The van der Waals surface area contributed by atoms with Crippen molar-refractivity contribution < 1.29 is 14.3 Å². The lowest BCUT2D eigenvalue weighted by Gasteiger charge is -2.10. The van der Waals surface area contributed by atoms with E-state index in [2.05, 4.69) is 25.1 Å². The molecule has 0 fully saturated rings. The number of nitrogens with zero attached hydrogens (tertiary/aromatic N) is 4. The molecule has 9 heteroatoms. The third-order valence-electron chi connectivity index (χ3n) is 4.79. The van der Waals surface area contributed by atoms with Crippen LogP contribution in [0.5, 0.6) is 0 Å². The summed E-state index contributed by atoms with van der Waals surface area (Å²) in [6.07, 6.45) is 1.63. The minimum Gasteiger partial charge on any atom is -0.462 e. The SMILES string of the molecule is CCOC(=O)c1ccc(-n2c(C)cc(/C=N\NC(=O)CSc3nc(C)cc(C)n3)c2C)cc1. The Morgan fingerprint density at radius 1 is 1.09 bits per heavy atom. The number of hydrogen-bond acceptors (Lipinski definition) is 7. The van der Waals surface area contributed by atoms with Crippen LogP contribution in [0, 0.1) is 27.7 Å². The molecule has 8 nitrogen and oxygen atoms in total. The van der Waals surface area contributed by atoms with Crippen molar-refractivity contribution in [2.24, 2.45) is 5.10 Å². The van der Waals surface area contributed by atoms with Crippen molar-refractivity contribution in [2.45, 2.75) is 39.8 Å². The Morgan fingerprint density at radius 3 is 2.39 bits per heavy atom. The van der Waals surface area contributed by atoms with E-state index in [0.29, 0.717) is 17.3 Å². The lowest BCUT2D eigenvalue weighted by molar-refractivity contribution is -0.118. The summed E-state index contributed by atoms with van der Waals surface area (Å²) in [6, 6.07) is 11.1. The summed E-state index contributed by atoms with van der Waals surface area (Å²) in [6.45, 7) is 9.88. The Bertz CT molecular complexity index is 1170. The van der Waals surface area contributed by atoms with Gasteiger partial charge in [-0.15, -0.1) is 0 Å². The van der Waals surface area contributed by atoms with E-state index in [9.17, 15) is 9.59 Å². The maximum Gasteiger partial charge on any atom is 0.338 e. The molecule has 33 heavy (non-hydrogen) atoms. The number of hydrazone groups is 1. The fourth-order valence-corrected chi connectivity index (χ4v) is 4.11. The predicted octanol–water partition coefficient (Wildman–Crippen LogP) is 3.92. The number of aromatic nitrogens is 3. The van der Waals surface area contributed by atoms with Crippen LogP contribution in [0.25, 0.3) is 5.69 Å². The number of nitrogens with one attached hydrogen (secondary N) is 1. The van der Waals surface area contributed by atoms with E-state index in [4.69, 9.17) is 4.74 Å². The molecule has 0 aliphatic heterocycles. The molecule has 0 saturated carbocycles. The van der Waals surface area contributed by atoms with Crippen LogP contribution >= 0.6 is 11.8 Å². The van der Waals surface area contributed by atoms with Crippen LogP contribution in [0.4, 0.5) is 0 Å². The van der Waals surface area contributed by atoms with Crippen molar-refractivity contribution in [2.75, 3.05) is 12.4 Å². The Hall–Kier alpha value is -3.46. The van der Waals surface area contributed by atoms with Crippen LogP contribution in [0.2, 0.25) is 0 Å². The molecular formula is C24H27N5O3S. The number of hydrogen-bond donors (Lipinski definition) is 1. The molecule has 2 heterocycles. The van der Waals surface area contributed by atoms with E-state index in [1.165, 1.54) is 11.8 Å².